The summed E-state index contributed by atoms with van der Waals surface area (Å²) in [7, 11) is 0. The number of benzene rings is 1. The molecule has 2 aliphatic heterocycles. The zero-order chi connectivity index (χ0) is 15.6. The van der Waals surface area contributed by atoms with Crippen molar-refractivity contribution in [1.82, 2.24) is 9.88 Å². The number of halogens is 1. The number of hydrogen-bond donors (Lipinski definition) is 0. The molecule has 0 bridgehead atoms. The molecule has 0 radical (unpaired) electrons. The van der Waals surface area contributed by atoms with Gasteiger partial charge < -0.3 is 9.64 Å². The van der Waals surface area contributed by atoms with Crippen molar-refractivity contribution in [3.63, 3.8) is 0 Å². The standard InChI is InChI=1S/C18H20ClN3O/c19-15-6-7-18(20-10-15)21-8-9-22-16(11-21)12-23-13-17(22)14-4-2-1-3-5-14/h1-7,10,16-17H,8-9,11-13H2/t16-,17-/m1/s1. The summed E-state index contributed by atoms with van der Waals surface area (Å²) < 4.78 is 5.90. The third-order valence-corrected chi connectivity index (χ3v) is 4.96. The number of anilines is 1. The lowest BCUT2D eigenvalue weighted by molar-refractivity contribution is -0.0548. The first-order chi connectivity index (χ1) is 11.3. The van der Waals surface area contributed by atoms with Crippen molar-refractivity contribution in [2.75, 3.05) is 37.7 Å². The van der Waals surface area contributed by atoms with E-state index < -0.39 is 0 Å². The number of morpholine rings is 1. The van der Waals surface area contributed by atoms with E-state index in [2.05, 4.69) is 45.1 Å². The number of ether oxygens (including phenoxy) is 1. The Morgan fingerprint density at radius 2 is 1.91 bits per heavy atom. The van der Waals surface area contributed by atoms with Crippen molar-refractivity contribution < 1.29 is 4.74 Å². The largest absolute Gasteiger partial charge is 0.378 e. The summed E-state index contributed by atoms with van der Waals surface area (Å²) in [5.41, 5.74) is 1.34. The Balaban J connectivity index is 1.51. The smallest absolute Gasteiger partial charge is 0.128 e. The van der Waals surface area contributed by atoms with Crippen LogP contribution in [-0.4, -0.2) is 48.8 Å². The number of pyridine rings is 1. The van der Waals surface area contributed by atoms with E-state index in [1.807, 2.05) is 12.1 Å². The molecule has 2 saturated heterocycles. The molecule has 23 heavy (non-hydrogen) atoms. The van der Waals surface area contributed by atoms with Crippen LogP contribution >= 0.6 is 11.6 Å². The molecule has 4 nitrogen and oxygen atoms in total. The fourth-order valence-corrected chi connectivity index (χ4v) is 3.68. The second-order valence-corrected chi connectivity index (χ2v) is 6.57. The molecule has 0 spiro atoms. The van der Waals surface area contributed by atoms with Crippen LogP contribution in [0.15, 0.2) is 48.7 Å². The van der Waals surface area contributed by atoms with Crippen LogP contribution in [0.3, 0.4) is 0 Å². The first-order valence-electron chi connectivity index (χ1n) is 8.06. The van der Waals surface area contributed by atoms with Gasteiger partial charge >= 0.3 is 0 Å². The maximum absolute atomic E-state index is 5.94. The topological polar surface area (TPSA) is 28.6 Å². The second-order valence-electron chi connectivity index (χ2n) is 6.14. The molecule has 0 saturated carbocycles. The molecule has 2 atom stereocenters. The molecule has 0 aliphatic carbocycles. The van der Waals surface area contributed by atoms with Crippen LogP contribution in [0, 0.1) is 0 Å². The molecule has 0 N–H and O–H groups in total. The van der Waals surface area contributed by atoms with E-state index in [4.69, 9.17) is 16.3 Å². The van der Waals surface area contributed by atoms with Gasteiger partial charge in [-0.15, -0.1) is 0 Å². The van der Waals surface area contributed by atoms with E-state index in [0.717, 1.165) is 38.7 Å². The summed E-state index contributed by atoms with van der Waals surface area (Å²) in [6.07, 6.45) is 1.72. The fourth-order valence-electron chi connectivity index (χ4n) is 3.57. The Hall–Kier alpha value is -1.62. The number of rotatable bonds is 2. The number of hydrogen-bond acceptors (Lipinski definition) is 4. The minimum Gasteiger partial charge on any atom is -0.378 e. The van der Waals surface area contributed by atoms with Crippen molar-refractivity contribution in [1.29, 1.82) is 0 Å². The minimum absolute atomic E-state index is 0.357. The normalized spacial score (nSPS) is 25.2. The van der Waals surface area contributed by atoms with E-state index in [-0.39, 0.29) is 0 Å². The molecule has 0 amide bonds. The number of aromatic nitrogens is 1. The van der Waals surface area contributed by atoms with Crippen molar-refractivity contribution >= 4 is 17.4 Å². The van der Waals surface area contributed by atoms with Gasteiger partial charge in [0, 0.05) is 25.8 Å². The van der Waals surface area contributed by atoms with Gasteiger partial charge in [-0.05, 0) is 17.7 Å². The quantitative estimate of drug-likeness (QED) is 0.847. The molecule has 1 aromatic carbocycles. The van der Waals surface area contributed by atoms with Gasteiger partial charge in [0.1, 0.15) is 5.82 Å². The highest BCUT2D eigenvalue weighted by molar-refractivity contribution is 6.30. The van der Waals surface area contributed by atoms with E-state index in [1.54, 1.807) is 6.20 Å². The molecule has 4 rings (SSSR count). The molecule has 3 heterocycles. The van der Waals surface area contributed by atoms with E-state index in [1.165, 1.54) is 5.56 Å². The van der Waals surface area contributed by atoms with Crippen LogP contribution < -0.4 is 4.90 Å². The van der Waals surface area contributed by atoms with E-state index in [9.17, 15) is 0 Å². The van der Waals surface area contributed by atoms with Gasteiger partial charge in [0.05, 0.1) is 30.3 Å². The van der Waals surface area contributed by atoms with E-state index >= 15 is 0 Å². The van der Waals surface area contributed by atoms with Crippen LogP contribution in [0.25, 0.3) is 0 Å². The molecular formula is C18H20ClN3O. The monoisotopic (exact) mass is 329 g/mol. The van der Waals surface area contributed by atoms with Crippen LogP contribution in [0.2, 0.25) is 5.02 Å². The van der Waals surface area contributed by atoms with Gasteiger partial charge in [0.2, 0.25) is 0 Å². The first-order valence-corrected chi connectivity index (χ1v) is 8.44. The minimum atomic E-state index is 0.357. The molecule has 2 aromatic rings. The summed E-state index contributed by atoms with van der Waals surface area (Å²) in [5, 5.41) is 0.678. The Labute approximate surface area is 141 Å². The average molecular weight is 330 g/mol. The molecule has 1 aromatic heterocycles. The van der Waals surface area contributed by atoms with Gasteiger partial charge in [-0.3, -0.25) is 4.90 Å². The maximum atomic E-state index is 5.94. The SMILES string of the molecule is Clc1ccc(N2CCN3[C@@H](COC[C@@H]3c3ccccc3)C2)nc1. The van der Waals surface area contributed by atoms with Crippen LogP contribution in [0.1, 0.15) is 11.6 Å². The Bertz CT molecular complexity index is 649. The Morgan fingerprint density at radius 1 is 1.04 bits per heavy atom. The summed E-state index contributed by atoms with van der Waals surface area (Å²) in [4.78, 5) is 9.37. The van der Waals surface area contributed by atoms with Gasteiger partial charge in [0.25, 0.3) is 0 Å². The molecular weight excluding hydrogens is 310 g/mol. The second kappa shape index (κ2) is 6.48. The summed E-state index contributed by atoms with van der Waals surface area (Å²) >= 11 is 5.94. The van der Waals surface area contributed by atoms with E-state index in [0.29, 0.717) is 17.1 Å². The van der Waals surface area contributed by atoms with Crippen molar-refractivity contribution in [2.45, 2.75) is 12.1 Å². The predicted molar refractivity (Wildman–Crippen MR) is 92.0 cm³/mol. The highest BCUT2D eigenvalue weighted by Gasteiger charge is 2.36. The van der Waals surface area contributed by atoms with Crippen LogP contribution in [0.4, 0.5) is 5.82 Å². The fraction of sp³-hybridized carbons (Fsp3) is 0.389. The molecule has 2 aliphatic rings. The summed E-state index contributed by atoms with van der Waals surface area (Å²) in [5.74, 6) is 0.996. The predicted octanol–water partition coefficient (Wildman–Crippen LogP) is 3.00. The lowest BCUT2D eigenvalue weighted by Crippen LogP contribution is -2.59. The average Bonchev–Trinajstić information content (AvgIpc) is 2.62. The number of nitrogens with zero attached hydrogens (tertiary/aromatic N) is 3. The molecule has 5 heteroatoms. The third-order valence-electron chi connectivity index (χ3n) is 4.73. The number of fused-ring (bicyclic) bond motifs is 1. The van der Waals surface area contributed by atoms with Crippen LogP contribution in [0.5, 0.6) is 0 Å². The Kier molecular flexibility index (Phi) is 4.21. The molecule has 2 fully saturated rings. The maximum Gasteiger partial charge on any atom is 0.128 e. The third kappa shape index (κ3) is 3.07. The number of piperazine rings is 1. The van der Waals surface area contributed by atoms with Gasteiger partial charge in [-0.2, -0.15) is 0 Å². The van der Waals surface area contributed by atoms with Gasteiger partial charge in [-0.1, -0.05) is 41.9 Å². The first kappa shape index (κ1) is 14.9. The highest BCUT2D eigenvalue weighted by atomic mass is 35.5. The molecule has 0 unspecified atom stereocenters. The summed E-state index contributed by atoms with van der Waals surface area (Å²) in [6, 6.07) is 15.3. The summed E-state index contributed by atoms with van der Waals surface area (Å²) in [6.45, 7) is 4.51. The van der Waals surface area contributed by atoms with Crippen molar-refractivity contribution in [3.8, 4) is 0 Å². The zero-order valence-electron chi connectivity index (χ0n) is 12.9. The van der Waals surface area contributed by atoms with Gasteiger partial charge in [0.15, 0.2) is 0 Å². The molecule has 120 valence electrons. The van der Waals surface area contributed by atoms with Crippen LogP contribution in [-0.2, 0) is 4.74 Å². The lowest BCUT2D eigenvalue weighted by Gasteiger charge is -2.48. The highest BCUT2D eigenvalue weighted by Crippen LogP contribution is 2.30. The van der Waals surface area contributed by atoms with Crippen molar-refractivity contribution in [3.05, 3.63) is 59.2 Å². The lowest BCUT2D eigenvalue weighted by atomic mass is 10.00. The van der Waals surface area contributed by atoms with Crippen molar-refractivity contribution in [2.24, 2.45) is 0 Å². The van der Waals surface area contributed by atoms with Gasteiger partial charge in [-0.25, -0.2) is 4.98 Å². The Morgan fingerprint density at radius 3 is 2.70 bits per heavy atom. The zero-order valence-corrected chi connectivity index (χ0v) is 13.7.